The predicted molar refractivity (Wildman–Crippen MR) is 137 cm³/mol. The third-order valence-electron chi connectivity index (χ3n) is 8.69. The van der Waals surface area contributed by atoms with Crippen LogP contribution in [0.4, 0.5) is 0 Å². The molecule has 0 aromatic carbocycles. The van der Waals surface area contributed by atoms with Gasteiger partial charge in [0.05, 0.1) is 0 Å². The van der Waals surface area contributed by atoms with Gasteiger partial charge in [0.2, 0.25) is 0 Å². The molecule has 0 aromatic heterocycles. The average Bonchev–Trinajstić information content (AvgIpc) is 2.70. The van der Waals surface area contributed by atoms with Crippen LogP contribution in [0.25, 0.3) is 0 Å². The summed E-state index contributed by atoms with van der Waals surface area (Å²) in [7, 11) is 0. The second-order valence-electron chi connectivity index (χ2n) is 12.1. The molecule has 3 rings (SSSR count). The van der Waals surface area contributed by atoms with Gasteiger partial charge < -0.3 is 15.3 Å². The van der Waals surface area contributed by atoms with E-state index in [0.29, 0.717) is 46.0 Å². The number of aliphatic hydroxyl groups excluding tert-OH is 1. The van der Waals surface area contributed by atoms with Crippen molar-refractivity contribution in [1.82, 2.24) is 10.2 Å². The summed E-state index contributed by atoms with van der Waals surface area (Å²) < 4.78 is 0. The highest BCUT2D eigenvalue weighted by Crippen LogP contribution is 2.45. The maximum atomic E-state index is 9.63. The first-order valence-electron chi connectivity index (χ1n) is 13.0. The molecular weight excluding hydrogens is 472 g/mol. The Morgan fingerprint density at radius 3 is 2.35 bits per heavy atom. The minimum atomic E-state index is 0.336. The van der Waals surface area contributed by atoms with Crippen LogP contribution in [0.3, 0.4) is 0 Å². The van der Waals surface area contributed by atoms with E-state index in [0.717, 1.165) is 31.3 Å². The largest absolute Gasteiger partial charge is 0.396 e. The van der Waals surface area contributed by atoms with Crippen molar-refractivity contribution in [2.24, 2.45) is 35.0 Å². The molecule has 3 aliphatic rings. The summed E-state index contributed by atoms with van der Waals surface area (Å²) in [4.78, 5) is 3.31. The van der Waals surface area contributed by atoms with E-state index in [4.69, 9.17) is 11.6 Å². The zero-order valence-electron chi connectivity index (χ0n) is 20.5. The molecule has 4 unspecified atom stereocenters. The fraction of sp³-hybridized carbons (Fsp3) is 1.00. The van der Waals surface area contributed by atoms with Gasteiger partial charge in [-0.25, -0.2) is 0 Å². The predicted octanol–water partition coefficient (Wildman–Crippen LogP) is 5.92. The zero-order chi connectivity index (χ0) is 22.6. The quantitative estimate of drug-likeness (QED) is 0.391. The highest BCUT2D eigenvalue weighted by molar-refractivity contribution is 9.09. The Balaban J connectivity index is 1.50. The number of nitrogens with zero attached hydrogens (tertiary/aromatic N) is 1. The van der Waals surface area contributed by atoms with Gasteiger partial charge in [-0.1, -0.05) is 43.6 Å². The summed E-state index contributed by atoms with van der Waals surface area (Å²) in [6.07, 6.45) is 9.98. The lowest BCUT2D eigenvalue weighted by molar-refractivity contribution is 0.00450. The molecule has 31 heavy (non-hydrogen) atoms. The summed E-state index contributed by atoms with van der Waals surface area (Å²) in [6, 6.07) is 0.544. The minimum Gasteiger partial charge on any atom is -0.396 e. The van der Waals surface area contributed by atoms with Crippen LogP contribution in [0.15, 0.2) is 0 Å². The number of halogens is 2. The Hall–Kier alpha value is 0.650. The SMILES string of the molecule is CC(C)[C@H](CN1CCC(C2CCC(Cl)CC2)C(C)(C)C1)NCC1CC(Br)CC(CO)C1. The summed E-state index contributed by atoms with van der Waals surface area (Å²) in [6.45, 7) is 14.8. The van der Waals surface area contributed by atoms with Crippen LogP contribution in [-0.2, 0) is 0 Å². The highest BCUT2D eigenvalue weighted by Gasteiger charge is 2.41. The smallest absolute Gasteiger partial charge is 0.0459 e. The van der Waals surface area contributed by atoms with Crippen molar-refractivity contribution in [3.05, 3.63) is 0 Å². The molecule has 1 aliphatic heterocycles. The fourth-order valence-corrected chi connectivity index (χ4v) is 8.21. The summed E-state index contributed by atoms with van der Waals surface area (Å²) in [5, 5.41) is 14.0. The lowest BCUT2D eigenvalue weighted by Gasteiger charge is -2.49. The summed E-state index contributed by atoms with van der Waals surface area (Å²) in [5.41, 5.74) is 0.393. The molecule has 182 valence electrons. The topological polar surface area (TPSA) is 35.5 Å². The number of nitrogens with one attached hydrogen (secondary N) is 1. The fourth-order valence-electron chi connectivity index (χ4n) is 6.90. The van der Waals surface area contributed by atoms with Crippen molar-refractivity contribution in [3.8, 4) is 0 Å². The number of alkyl halides is 2. The Kier molecular flexibility index (Phi) is 10.1. The van der Waals surface area contributed by atoms with Gasteiger partial charge in [-0.05, 0) is 99.5 Å². The molecule has 0 bridgehead atoms. The molecule has 2 N–H and O–H groups in total. The van der Waals surface area contributed by atoms with Crippen molar-refractivity contribution in [2.75, 3.05) is 32.8 Å². The summed E-state index contributed by atoms with van der Waals surface area (Å²) in [5.74, 6) is 3.52. The van der Waals surface area contributed by atoms with E-state index in [9.17, 15) is 5.11 Å². The van der Waals surface area contributed by atoms with E-state index >= 15 is 0 Å². The number of likely N-dealkylation sites (tertiary alicyclic amines) is 1. The Morgan fingerprint density at radius 2 is 1.74 bits per heavy atom. The molecular formula is C26H48BrClN2O. The summed E-state index contributed by atoms with van der Waals surface area (Å²) >= 11 is 10.2. The van der Waals surface area contributed by atoms with Crippen molar-refractivity contribution in [2.45, 2.75) is 95.3 Å². The van der Waals surface area contributed by atoms with Gasteiger partial charge in [0.1, 0.15) is 0 Å². The second-order valence-corrected chi connectivity index (χ2v) is 14.0. The van der Waals surface area contributed by atoms with E-state index in [1.54, 1.807) is 0 Å². The van der Waals surface area contributed by atoms with Crippen LogP contribution in [0.1, 0.15) is 79.1 Å². The van der Waals surface area contributed by atoms with Crippen LogP contribution in [0.2, 0.25) is 0 Å². The Bertz CT molecular complexity index is 538. The molecule has 5 heteroatoms. The molecule has 1 saturated heterocycles. The molecule has 0 aromatic rings. The maximum absolute atomic E-state index is 9.63. The molecule has 0 spiro atoms. The first-order valence-corrected chi connectivity index (χ1v) is 14.4. The van der Waals surface area contributed by atoms with E-state index in [1.807, 2.05) is 0 Å². The average molecular weight is 520 g/mol. The first-order chi connectivity index (χ1) is 14.7. The monoisotopic (exact) mass is 518 g/mol. The van der Waals surface area contributed by atoms with E-state index in [2.05, 4.69) is 53.8 Å². The van der Waals surface area contributed by atoms with Gasteiger partial charge in [0, 0.05) is 35.9 Å². The number of rotatable bonds is 8. The first kappa shape index (κ1) is 26.3. The van der Waals surface area contributed by atoms with Crippen molar-refractivity contribution < 1.29 is 5.11 Å². The second kappa shape index (κ2) is 11.9. The molecule has 0 radical (unpaired) electrons. The van der Waals surface area contributed by atoms with E-state index in [1.165, 1.54) is 58.0 Å². The van der Waals surface area contributed by atoms with Gasteiger partial charge in [0.15, 0.2) is 0 Å². The minimum absolute atomic E-state index is 0.336. The van der Waals surface area contributed by atoms with Crippen LogP contribution in [0, 0.1) is 35.0 Å². The third-order valence-corrected chi connectivity index (χ3v) is 9.88. The van der Waals surface area contributed by atoms with Crippen LogP contribution >= 0.6 is 27.5 Å². The van der Waals surface area contributed by atoms with Gasteiger partial charge in [-0.15, -0.1) is 11.6 Å². The maximum Gasteiger partial charge on any atom is 0.0459 e. The van der Waals surface area contributed by atoms with Crippen LogP contribution in [0.5, 0.6) is 0 Å². The molecule has 1 heterocycles. The molecule has 2 aliphatic carbocycles. The number of hydrogen-bond donors (Lipinski definition) is 2. The lowest BCUT2D eigenvalue weighted by atomic mass is 9.64. The van der Waals surface area contributed by atoms with E-state index < -0.39 is 0 Å². The standard InChI is InChI=1S/C26H48BrClN2O/c1-18(2)25(29-14-19-11-20(16-31)13-22(27)12-19)15-30-10-9-24(26(3,4)17-30)21-5-7-23(28)8-6-21/h18-25,29,31H,5-17H2,1-4H3/t19?,20?,21?,22?,23?,24?,25-/m0/s1. The number of hydrogen-bond acceptors (Lipinski definition) is 3. The molecule has 3 fully saturated rings. The van der Waals surface area contributed by atoms with Crippen molar-refractivity contribution in [3.63, 3.8) is 0 Å². The van der Waals surface area contributed by atoms with Gasteiger partial charge in [-0.3, -0.25) is 0 Å². The van der Waals surface area contributed by atoms with Crippen molar-refractivity contribution in [1.29, 1.82) is 0 Å². The number of aliphatic hydroxyl groups is 1. The Morgan fingerprint density at radius 1 is 1.06 bits per heavy atom. The van der Waals surface area contributed by atoms with Gasteiger partial charge >= 0.3 is 0 Å². The molecule has 3 nitrogen and oxygen atoms in total. The normalized spacial score (nSPS) is 38.3. The zero-order valence-corrected chi connectivity index (χ0v) is 22.8. The molecule has 5 atom stereocenters. The van der Waals surface area contributed by atoms with Gasteiger partial charge in [-0.2, -0.15) is 0 Å². The molecule has 0 amide bonds. The van der Waals surface area contributed by atoms with Gasteiger partial charge in [0.25, 0.3) is 0 Å². The van der Waals surface area contributed by atoms with Crippen LogP contribution < -0.4 is 5.32 Å². The highest BCUT2D eigenvalue weighted by atomic mass is 79.9. The third kappa shape index (κ3) is 7.57. The van der Waals surface area contributed by atoms with E-state index in [-0.39, 0.29) is 0 Å². The Labute approximate surface area is 205 Å². The molecule has 2 saturated carbocycles. The van der Waals surface area contributed by atoms with Crippen LogP contribution in [-0.4, -0.2) is 59.0 Å². The number of piperidine rings is 1. The van der Waals surface area contributed by atoms with Crippen molar-refractivity contribution >= 4 is 27.5 Å². The lowest BCUT2D eigenvalue weighted by Crippen LogP contribution is -2.53.